The van der Waals surface area contributed by atoms with Gasteiger partial charge in [0, 0.05) is 0 Å². The lowest BCUT2D eigenvalue weighted by Crippen LogP contribution is -1.76. The molecule has 0 bridgehead atoms. The number of benzene rings is 1. The molecule has 0 aliphatic heterocycles. The third-order valence-electron chi connectivity index (χ3n) is 2.91. The quantitative estimate of drug-likeness (QED) is 0.627. The van der Waals surface area contributed by atoms with E-state index in [4.69, 9.17) is 0 Å². The minimum Gasteiger partial charge on any atom is -0.0815 e. The van der Waals surface area contributed by atoms with Crippen LogP contribution in [0, 0.1) is 5.92 Å². The van der Waals surface area contributed by atoms with Crippen LogP contribution in [-0.4, -0.2) is 0 Å². The van der Waals surface area contributed by atoms with E-state index >= 15 is 0 Å². The summed E-state index contributed by atoms with van der Waals surface area (Å²) in [5, 5.41) is 0. The van der Waals surface area contributed by atoms with E-state index in [1.54, 1.807) is 5.57 Å². The molecule has 1 aromatic rings. The van der Waals surface area contributed by atoms with Crippen LogP contribution in [-0.2, 0) is 0 Å². The zero-order valence-corrected chi connectivity index (χ0v) is 9.32. The number of allylic oxidation sites excluding steroid dienone is 3. The van der Waals surface area contributed by atoms with Crippen molar-refractivity contribution >= 4 is 6.08 Å². The molecule has 0 unspecified atom stereocenters. The van der Waals surface area contributed by atoms with Gasteiger partial charge in [-0.3, -0.25) is 0 Å². The molecule has 2 rings (SSSR count). The molecule has 0 saturated heterocycles. The van der Waals surface area contributed by atoms with Crippen molar-refractivity contribution in [2.45, 2.75) is 26.2 Å². The van der Waals surface area contributed by atoms with Gasteiger partial charge in [-0.1, -0.05) is 54.1 Å². The summed E-state index contributed by atoms with van der Waals surface area (Å²) in [7, 11) is 0. The van der Waals surface area contributed by atoms with Crippen molar-refractivity contribution in [3.05, 3.63) is 53.6 Å². The molecule has 1 aromatic carbocycles. The van der Waals surface area contributed by atoms with E-state index in [9.17, 15) is 0 Å². The standard InChI is InChI=1S/C15H18/c1-13(15-11-12-15)7-5-6-10-14-8-3-2-4-9-14/h2-4,6-10,15H,5,11-12H2,1H3/b10-6+,13-7+. The lowest BCUT2D eigenvalue weighted by Gasteiger charge is -1.94. The van der Waals surface area contributed by atoms with Crippen molar-refractivity contribution in [3.8, 4) is 0 Å². The van der Waals surface area contributed by atoms with Crippen LogP contribution >= 0.6 is 0 Å². The van der Waals surface area contributed by atoms with Crippen molar-refractivity contribution in [1.82, 2.24) is 0 Å². The van der Waals surface area contributed by atoms with Crippen molar-refractivity contribution < 1.29 is 0 Å². The fourth-order valence-corrected chi connectivity index (χ4v) is 1.73. The van der Waals surface area contributed by atoms with Crippen LogP contribution in [0.15, 0.2) is 48.1 Å². The Morgan fingerprint density at radius 2 is 2.00 bits per heavy atom. The molecule has 0 nitrogen and oxygen atoms in total. The zero-order chi connectivity index (χ0) is 10.5. The van der Waals surface area contributed by atoms with Gasteiger partial charge in [-0.15, -0.1) is 0 Å². The van der Waals surface area contributed by atoms with Gasteiger partial charge in [0.25, 0.3) is 0 Å². The third kappa shape index (κ3) is 3.39. The summed E-state index contributed by atoms with van der Waals surface area (Å²) in [6.45, 7) is 2.26. The Morgan fingerprint density at radius 3 is 2.67 bits per heavy atom. The van der Waals surface area contributed by atoms with Crippen LogP contribution in [0.5, 0.6) is 0 Å². The minimum absolute atomic E-state index is 0.912. The second-order valence-corrected chi connectivity index (χ2v) is 4.27. The molecule has 0 heterocycles. The van der Waals surface area contributed by atoms with Crippen LogP contribution in [0.3, 0.4) is 0 Å². The topological polar surface area (TPSA) is 0 Å². The Hall–Kier alpha value is -1.30. The van der Waals surface area contributed by atoms with Crippen LogP contribution < -0.4 is 0 Å². The fourth-order valence-electron chi connectivity index (χ4n) is 1.73. The molecular weight excluding hydrogens is 180 g/mol. The van der Waals surface area contributed by atoms with Gasteiger partial charge in [0.2, 0.25) is 0 Å². The first-order valence-corrected chi connectivity index (χ1v) is 5.74. The van der Waals surface area contributed by atoms with Gasteiger partial charge in [0.1, 0.15) is 0 Å². The first-order valence-electron chi connectivity index (χ1n) is 5.74. The Balaban J connectivity index is 1.82. The smallest absolute Gasteiger partial charge is 0.0163 e. The second kappa shape index (κ2) is 4.97. The molecule has 0 atom stereocenters. The van der Waals surface area contributed by atoms with Crippen molar-refractivity contribution in [2.24, 2.45) is 5.92 Å². The molecule has 0 aromatic heterocycles. The molecular formula is C15H18. The van der Waals surface area contributed by atoms with E-state index in [1.165, 1.54) is 18.4 Å². The molecule has 15 heavy (non-hydrogen) atoms. The van der Waals surface area contributed by atoms with E-state index in [2.05, 4.69) is 55.5 Å². The van der Waals surface area contributed by atoms with Gasteiger partial charge in [0.15, 0.2) is 0 Å². The van der Waals surface area contributed by atoms with E-state index in [0.29, 0.717) is 0 Å². The van der Waals surface area contributed by atoms with Gasteiger partial charge >= 0.3 is 0 Å². The van der Waals surface area contributed by atoms with E-state index < -0.39 is 0 Å². The molecule has 1 fully saturated rings. The van der Waals surface area contributed by atoms with E-state index in [1.807, 2.05) is 0 Å². The van der Waals surface area contributed by atoms with Crippen molar-refractivity contribution in [2.75, 3.05) is 0 Å². The Labute approximate surface area is 92.3 Å². The summed E-state index contributed by atoms with van der Waals surface area (Å²) in [6.07, 6.45) is 10.7. The summed E-state index contributed by atoms with van der Waals surface area (Å²) < 4.78 is 0. The molecule has 0 heteroatoms. The summed E-state index contributed by atoms with van der Waals surface area (Å²) in [4.78, 5) is 0. The van der Waals surface area contributed by atoms with Crippen LogP contribution in [0.1, 0.15) is 31.7 Å². The molecule has 1 aliphatic carbocycles. The Morgan fingerprint density at radius 1 is 1.27 bits per heavy atom. The first kappa shape index (κ1) is 10.2. The second-order valence-electron chi connectivity index (χ2n) is 4.27. The molecule has 0 N–H and O–H groups in total. The van der Waals surface area contributed by atoms with Crippen LogP contribution in [0.4, 0.5) is 0 Å². The van der Waals surface area contributed by atoms with Crippen LogP contribution in [0.25, 0.3) is 6.08 Å². The monoisotopic (exact) mass is 198 g/mol. The van der Waals surface area contributed by atoms with Crippen LogP contribution in [0.2, 0.25) is 0 Å². The number of hydrogen-bond donors (Lipinski definition) is 0. The number of hydrogen-bond acceptors (Lipinski definition) is 0. The summed E-state index contributed by atoms with van der Waals surface area (Å²) in [6, 6.07) is 10.5. The average molecular weight is 198 g/mol. The highest BCUT2D eigenvalue weighted by Crippen LogP contribution is 2.36. The lowest BCUT2D eigenvalue weighted by molar-refractivity contribution is 0.992. The summed E-state index contributed by atoms with van der Waals surface area (Å²) >= 11 is 0. The van der Waals surface area contributed by atoms with E-state index in [-0.39, 0.29) is 0 Å². The minimum atomic E-state index is 0.912. The molecule has 78 valence electrons. The predicted octanol–water partition coefficient (Wildman–Crippen LogP) is 4.45. The molecule has 0 radical (unpaired) electrons. The predicted molar refractivity (Wildman–Crippen MR) is 66.6 cm³/mol. The maximum Gasteiger partial charge on any atom is -0.0163 e. The number of rotatable bonds is 4. The van der Waals surface area contributed by atoms with Gasteiger partial charge in [-0.2, -0.15) is 0 Å². The van der Waals surface area contributed by atoms with Crippen molar-refractivity contribution in [3.63, 3.8) is 0 Å². The third-order valence-corrected chi connectivity index (χ3v) is 2.91. The highest BCUT2D eigenvalue weighted by atomic mass is 14.3. The lowest BCUT2D eigenvalue weighted by atomic mass is 10.1. The van der Waals surface area contributed by atoms with Gasteiger partial charge in [-0.05, 0) is 37.7 Å². The normalized spacial score (nSPS) is 17.3. The van der Waals surface area contributed by atoms with E-state index in [0.717, 1.165) is 12.3 Å². The largest absolute Gasteiger partial charge is 0.0815 e. The van der Waals surface area contributed by atoms with Crippen molar-refractivity contribution in [1.29, 1.82) is 0 Å². The van der Waals surface area contributed by atoms with Gasteiger partial charge < -0.3 is 0 Å². The Kier molecular flexibility index (Phi) is 3.39. The summed E-state index contributed by atoms with van der Waals surface area (Å²) in [5.74, 6) is 0.912. The molecule has 1 aliphatic rings. The summed E-state index contributed by atoms with van der Waals surface area (Å²) in [5.41, 5.74) is 2.86. The molecule has 0 spiro atoms. The SMILES string of the molecule is C/C(=C\C/C=C/c1ccccc1)C1CC1. The first-order chi connectivity index (χ1) is 7.36. The maximum atomic E-state index is 2.36. The molecule has 0 amide bonds. The zero-order valence-electron chi connectivity index (χ0n) is 9.32. The average Bonchev–Trinajstić information content (AvgIpc) is 3.09. The fraction of sp³-hybridized carbons (Fsp3) is 0.333. The Bertz CT molecular complexity index is 353. The highest BCUT2D eigenvalue weighted by molar-refractivity contribution is 5.48. The van der Waals surface area contributed by atoms with Gasteiger partial charge in [-0.25, -0.2) is 0 Å². The molecule has 1 saturated carbocycles. The highest BCUT2D eigenvalue weighted by Gasteiger charge is 2.22. The maximum absolute atomic E-state index is 2.36. The van der Waals surface area contributed by atoms with Gasteiger partial charge in [0.05, 0.1) is 0 Å².